The number of benzene rings is 1. The molecule has 0 aromatic heterocycles. The summed E-state index contributed by atoms with van der Waals surface area (Å²) in [5, 5.41) is 6.05. The molecule has 0 radical (unpaired) electrons. The Kier molecular flexibility index (Phi) is 8.30. The van der Waals surface area contributed by atoms with Crippen LogP contribution in [-0.4, -0.2) is 25.6 Å². The maximum absolute atomic E-state index is 11.3. The third-order valence-corrected chi connectivity index (χ3v) is 3.20. The monoisotopic (exact) mass is 342 g/mol. The van der Waals surface area contributed by atoms with Crippen molar-refractivity contribution in [2.75, 3.05) is 19.7 Å². The molecule has 5 heteroatoms. The highest BCUT2D eigenvalue weighted by atomic mass is 79.9. The summed E-state index contributed by atoms with van der Waals surface area (Å²) in [4.78, 5) is 11.3. The second kappa shape index (κ2) is 9.77. The molecule has 0 heterocycles. The fourth-order valence-electron chi connectivity index (χ4n) is 1.75. The quantitative estimate of drug-likeness (QED) is 0.678. The van der Waals surface area contributed by atoms with Crippen molar-refractivity contribution in [1.29, 1.82) is 0 Å². The number of rotatable bonds is 9. The number of ether oxygens (including phenoxy) is 1. The first-order chi connectivity index (χ1) is 9.67. The van der Waals surface area contributed by atoms with E-state index in [2.05, 4.69) is 33.5 Å². The summed E-state index contributed by atoms with van der Waals surface area (Å²) >= 11 is 3.47. The predicted molar refractivity (Wildman–Crippen MR) is 84.9 cm³/mol. The van der Waals surface area contributed by atoms with Gasteiger partial charge in [0.1, 0.15) is 5.75 Å². The Hall–Kier alpha value is -1.07. The molecule has 0 aliphatic carbocycles. The first-order valence-corrected chi connectivity index (χ1v) is 7.85. The minimum Gasteiger partial charge on any atom is -0.493 e. The molecule has 20 heavy (non-hydrogen) atoms. The molecule has 0 bridgehead atoms. The number of halogens is 1. The molecule has 0 unspecified atom stereocenters. The van der Waals surface area contributed by atoms with Crippen molar-refractivity contribution in [2.24, 2.45) is 0 Å². The van der Waals surface area contributed by atoms with Crippen molar-refractivity contribution in [3.05, 3.63) is 28.2 Å². The molecule has 0 aliphatic heterocycles. The Labute approximate surface area is 129 Å². The van der Waals surface area contributed by atoms with E-state index >= 15 is 0 Å². The van der Waals surface area contributed by atoms with Crippen LogP contribution in [0.5, 0.6) is 5.75 Å². The van der Waals surface area contributed by atoms with E-state index in [9.17, 15) is 4.79 Å². The van der Waals surface area contributed by atoms with Crippen LogP contribution in [-0.2, 0) is 11.3 Å². The number of hydrogen-bond donors (Lipinski definition) is 2. The molecule has 1 aromatic carbocycles. The molecule has 4 nitrogen and oxygen atoms in total. The average molecular weight is 343 g/mol. The summed E-state index contributed by atoms with van der Waals surface area (Å²) < 4.78 is 6.75. The van der Waals surface area contributed by atoms with Crippen LogP contribution in [0.25, 0.3) is 0 Å². The van der Waals surface area contributed by atoms with Gasteiger partial charge in [-0.15, -0.1) is 0 Å². The minimum atomic E-state index is 0.0803. The standard InChI is InChI=1S/C15H23BrN2O2/c1-3-9-20-14-6-5-13(16)10-12(14)11-17-8-7-15(19)18-4-2/h5-6,10,17H,3-4,7-9,11H2,1-2H3,(H,18,19). The predicted octanol–water partition coefficient (Wildman–Crippen LogP) is 2.85. The minimum absolute atomic E-state index is 0.0803. The highest BCUT2D eigenvalue weighted by Crippen LogP contribution is 2.23. The summed E-state index contributed by atoms with van der Waals surface area (Å²) in [5.41, 5.74) is 1.10. The van der Waals surface area contributed by atoms with Gasteiger partial charge in [0.2, 0.25) is 5.91 Å². The van der Waals surface area contributed by atoms with E-state index in [1.807, 2.05) is 25.1 Å². The summed E-state index contributed by atoms with van der Waals surface area (Å²) in [5.74, 6) is 0.984. The molecule has 0 saturated carbocycles. The highest BCUT2D eigenvalue weighted by Gasteiger charge is 2.05. The van der Waals surface area contributed by atoms with E-state index in [0.29, 0.717) is 32.7 Å². The molecule has 0 fully saturated rings. The van der Waals surface area contributed by atoms with Crippen LogP contribution in [0.3, 0.4) is 0 Å². The molecule has 0 spiro atoms. The van der Waals surface area contributed by atoms with E-state index < -0.39 is 0 Å². The topological polar surface area (TPSA) is 50.4 Å². The van der Waals surface area contributed by atoms with Crippen LogP contribution < -0.4 is 15.4 Å². The lowest BCUT2D eigenvalue weighted by Crippen LogP contribution is -2.27. The summed E-state index contributed by atoms with van der Waals surface area (Å²) in [6.07, 6.45) is 1.48. The molecule has 0 aliphatic rings. The Bertz CT molecular complexity index is 424. The smallest absolute Gasteiger partial charge is 0.221 e. The second-order valence-corrected chi connectivity index (χ2v) is 5.40. The third kappa shape index (κ3) is 6.39. The van der Waals surface area contributed by atoms with Crippen LogP contribution >= 0.6 is 15.9 Å². The van der Waals surface area contributed by atoms with Crippen LogP contribution in [0.2, 0.25) is 0 Å². The zero-order chi connectivity index (χ0) is 14.8. The van der Waals surface area contributed by atoms with Gasteiger partial charge in [-0.1, -0.05) is 22.9 Å². The Morgan fingerprint density at radius 1 is 1.35 bits per heavy atom. The molecule has 1 aromatic rings. The van der Waals surface area contributed by atoms with E-state index in [4.69, 9.17) is 4.74 Å². The van der Waals surface area contributed by atoms with Gasteiger partial charge in [0.05, 0.1) is 6.61 Å². The highest BCUT2D eigenvalue weighted by molar-refractivity contribution is 9.10. The zero-order valence-electron chi connectivity index (χ0n) is 12.2. The molecule has 0 atom stereocenters. The number of amides is 1. The van der Waals surface area contributed by atoms with Gasteiger partial charge in [0, 0.05) is 36.1 Å². The van der Waals surface area contributed by atoms with E-state index in [1.54, 1.807) is 0 Å². The first kappa shape index (κ1) is 17.0. The van der Waals surface area contributed by atoms with Gasteiger partial charge in [-0.3, -0.25) is 4.79 Å². The lowest BCUT2D eigenvalue weighted by Gasteiger charge is -2.12. The first-order valence-electron chi connectivity index (χ1n) is 7.06. The Morgan fingerprint density at radius 2 is 2.15 bits per heavy atom. The van der Waals surface area contributed by atoms with Crippen LogP contribution in [0, 0.1) is 0 Å². The summed E-state index contributed by atoms with van der Waals surface area (Å²) in [7, 11) is 0. The van der Waals surface area contributed by atoms with Gasteiger partial charge in [-0.2, -0.15) is 0 Å². The molecule has 112 valence electrons. The fourth-order valence-corrected chi connectivity index (χ4v) is 2.16. The van der Waals surface area contributed by atoms with Gasteiger partial charge in [-0.05, 0) is 31.5 Å². The van der Waals surface area contributed by atoms with Crippen LogP contribution in [0.1, 0.15) is 32.3 Å². The van der Waals surface area contributed by atoms with E-state index in [-0.39, 0.29) is 5.91 Å². The summed E-state index contributed by atoms with van der Waals surface area (Å²) in [6, 6.07) is 5.99. The number of hydrogen-bond acceptors (Lipinski definition) is 3. The Balaban J connectivity index is 2.45. The fraction of sp³-hybridized carbons (Fsp3) is 0.533. The summed E-state index contributed by atoms with van der Waals surface area (Å²) in [6.45, 7) is 6.75. The van der Waals surface area contributed by atoms with Crippen LogP contribution in [0.15, 0.2) is 22.7 Å². The number of carbonyl (C=O) groups excluding carboxylic acids is 1. The number of carbonyl (C=O) groups is 1. The molecular weight excluding hydrogens is 320 g/mol. The van der Waals surface area contributed by atoms with E-state index in [1.165, 1.54) is 0 Å². The third-order valence-electron chi connectivity index (χ3n) is 2.70. The lowest BCUT2D eigenvalue weighted by atomic mass is 10.2. The SMILES string of the molecule is CCCOc1ccc(Br)cc1CNCCC(=O)NCC. The molecule has 1 rings (SSSR count). The maximum Gasteiger partial charge on any atom is 0.221 e. The molecule has 0 saturated heterocycles. The van der Waals surface area contributed by atoms with Gasteiger partial charge in [0.15, 0.2) is 0 Å². The van der Waals surface area contributed by atoms with Gasteiger partial charge >= 0.3 is 0 Å². The molecule has 2 N–H and O–H groups in total. The number of nitrogens with one attached hydrogen (secondary N) is 2. The van der Waals surface area contributed by atoms with Crippen molar-refractivity contribution >= 4 is 21.8 Å². The van der Waals surface area contributed by atoms with Crippen molar-refractivity contribution in [2.45, 2.75) is 33.2 Å². The normalized spacial score (nSPS) is 10.3. The van der Waals surface area contributed by atoms with Crippen molar-refractivity contribution in [3.8, 4) is 5.75 Å². The van der Waals surface area contributed by atoms with Gasteiger partial charge in [0.25, 0.3) is 0 Å². The zero-order valence-corrected chi connectivity index (χ0v) is 13.8. The molecular formula is C15H23BrN2O2. The van der Waals surface area contributed by atoms with Crippen LogP contribution in [0.4, 0.5) is 0 Å². The molecule has 1 amide bonds. The second-order valence-electron chi connectivity index (χ2n) is 4.48. The van der Waals surface area contributed by atoms with Gasteiger partial charge in [-0.25, -0.2) is 0 Å². The Morgan fingerprint density at radius 3 is 2.85 bits per heavy atom. The van der Waals surface area contributed by atoms with Crippen molar-refractivity contribution in [3.63, 3.8) is 0 Å². The van der Waals surface area contributed by atoms with Crippen molar-refractivity contribution in [1.82, 2.24) is 10.6 Å². The van der Waals surface area contributed by atoms with Crippen molar-refractivity contribution < 1.29 is 9.53 Å². The maximum atomic E-state index is 11.3. The van der Waals surface area contributed by atoms with Gasteiger partial charge < -0.3 is 15.4 Å². The van der Waals surface area contributed by atoms with E-state index in [0.717, 1.165) is 22.2 Å². The average Bonchev–Trinajstić information content (AvgIpc) is 2.43. The lowest BCUT2D eigenvalue weighted by molar-refractivity contribution is -0.120. The largest absolute Gasteiger partial charge is 0.493 e.